The summed E-state index contributed by atoms with van der Waals surface area (Å²) in [5.41, 5.74) is 0.703. The van der Waals surface area contributed by atoms with Gasteiger partial charge in [-0.05, 0) is 67.3 Å². The lowest BCUT2D eigenvalue weighted by Gasteiger charge is -2.23. The minimum Gasteiger partial charge on any atom is -0.462 e. The molecule has 1 N–H and O–H groups in total. The number of hydrogen-bond acceptors (Lipinski definition) is 4. The van der Waals surface area contributed by atoms with E-state index in [1.165, 1.54) is 0 Å². The average Bonchev–Trinajstić information content (AvgIpc) is 3.27. The predicted molar refractivity (Wildman–Crippen MR) is 102 cm³/mol. The van der Waals surface area contributed by atoms with E-state index in [9.17, 15) is 9.59 Å². The highest BCUT2D eigenvalue weighted by Crippen LogP contribution is 2.57. The van der Waals surface area contributed by atoms with E-state index in [2.05, 4.69) is 21.2 Å². The minimum atomic E-state index is -0.264. The summed E-state index contributed by atoms with van der Waals surface area (Å²) in [5, 5.41) is 2.96. The van der Waals surface area contributed by atoms with Crippen LogP contribution in [0.4, 0.5) is 5.69 Å². The Morgan fingerprint density at radius 1 is 1.04 bits per heavy atom. The Bertz CT molecular complexity index is 893. The molecule has 3 fully saturated rings. The number of esters is 1. The van der Waals surface area contributed by atoms with E-state index in [1.807, 2.05) is 48.5 Å². The Morgan fingerprint density at radius 3 is 2.41 bits per heavy atom. The van der Waals surface area contributed by atoms with Crippen molar-refractivity contribution in [2.24, 2.45) is 23.7 Å². The van der Waals surface area contributed by atoms with Crippen LogP contribution in [0.3, 0.4) is 0 Å². The van der Waals surface area contributed by atoms with Crippen molar-refractivity contribution < 1.29 is 19.1 Å². The van der Waals surface area contributed by atoms with Crippen molar-refractivity contribution in [2.45, 2.75) is 18.9 Å². The molecular formula is C21H18BrNO4. The first kappa shape index (κ1) is 16.8. The van der Waals surface area contributed by atoms with Crippen LogP contribution in [0.25, 0.3) is 0 Å². The first-order chi connectivity index (χ1) is 13.1. The van der Waals surface area contributed by atoms with Crippen molar-refractivity contribution in [3.8, 4) is 11.5 Å². The fourth-order valence-corrected chi connectivity index (χ4v) is 5.10. The molecule has 5 nitrogen and oxygen atoms in total. The quantitative estimate of drug-likeness (QED) is 0.735. The smallest absolute Gasteiger partial charge is 0.310 e. The van der Waals surface area contributed by atoms with Gasteiger partial charge in [-0.3, -0.25) is 9.59 Å². The molecule has 0 aromatic heterocycles. The summed E-state index contributed by atoms with van der Waals surface area (Å²) in [5.74, 6) is 1.14. The Labute approximate surface area is 165 Å². The van der Waals surface area contributed by atoms with Crippen LogP contribution >= 0.6 is 15.9 Å². The topological polar surface area (TPSA) is 64.6 Å². The minimum absolute atomic E-state index is 0.0478. The number of nitrogens with one attached hydrogen (secondary N) is 1. The first-order valence-corrected chi connectivity index (χ1v) is 9.92. The lowest BCUT2D eigenvalue weighted by molar-refractivity contribution is -0.145. The van der Waals surface area contributed by atoms with Crippen LogP contribution in [0.2, 0.25) is 0 Å². The van der Waals surface area contributed by atoms with Gasteiger partial charge in [-0.1, -0.05) is 15.9 Å². The lowest BCUT2D eigenvalue weighted by Crippen LogP contribution is -2.35. The standard InChI is InChI=1S/C21H18BrNO4/c22-12-1-5-14(6-2-12)26-15-7-3-13(4-8-15)23-20(24)18-11-9-16-17(10-11)27-21(25)19(16)18/h1-8,11,16-19H,9-10H2,(H,23,24)/t11-,16-,17+,18-,19-/m1/s1. The molecule has 27 heavy (non-hydrogen) atoms. The van der Waals surface area contributed by atoms with Gasteiger partial charge in [0.25, 0.3) is 0 Å². The van der Waals surface area contributed by atoms with Crippen LogP contribution in [-0.4, -0.2) is 18.0 Å². The highest BCUT2D eigenvalue weighted by molar-refractivity contribution is 9.10. The summed E-state index contributed by atoms with van der Waals surface area (Å²) in [6, 6.07) is 14.8. The number of carbonyl (C=O) groups is 2. The molecule has 1 heterocycles. The van der Waals surface area contributed by atoms with Crippen LogP contribution in [0, 0.1) is 23.7 Å². The van der Waals surface area contributed by atoms with E-state index in [0.29, 0.717) is 11.4 Å². The van der Waals surface area contributed by atoms with Crippen molar-refractivity contribution in [1.82, 2.24) is 0 Å². The van der Waals surface area contributed by atoms with E-state index in [4.69, 9.17) is 9.47 Å². The summed E-state index contributed by atoms with van der Waals surface area (Å²) < 4.78 is 12.2. The molecule has 0 unspecified atom stereocenters. The molecule has 6 heteroatoms. The second-order valence-electron chi connectivity index (χ2n) is 7.49. The van der Waals surface area contributed by atoms with E-state index >= 15 is 0 Å². The van der Waals surface area contributed by atoms with E-state index in [-0.39, 0.29) is 41.7 Å². The van der Waals surface area contributed by atoms with E-state index < -0.39 is 0 Å². The fraction of sp³-hybridized carbons (Fsp3) is 0.333. The van der Waals surface area contributed by atoms with Gasteiger partial charge in [0.05, 0.1) is 11.8 Å². The molecule has 2 bridgehead atoms. The highest BCUT2D eigenvalue weighted by Gasteiger charge is 2.63. The summed E-state index contributed by atoms with van der Waals surface area (Å²) in [6.45, 7) is 0. The lowest BCUT2D eigenvalue weighted by atomic mass is 9.79. The normalized spacial score (nSPS) is 30.3. The third kappa shape index (κ3) is 2.92. The van der Waals surface area contributed by atoms with Crippen molar-refractivity contribution in [2.75, 3.05) is 5.32 Å². The van der Waals surface area contributed by atoms with Gasteiger partial charge in [0.1, 0.15) is 17.6 Å². The van der Waals surface area contributed by atoms with Crippen molar-refractivity contribution in [3.05, 3.63) is 53.0 Å². The number of ether oxygens (including phenoxy) is 2. The van der Waals surface area contributed by atoms with Gasteiger partial charge < -0.3 is 14.8 Å². The second-order valence-corrected chi connectivity index (χ2v) is 8.41. The summed E-state index contributed by atoms with van der Waals surface area (Å²) in [6.07, 6.45) is 1.80. The predicted octanol–water partition coefficient (Wildman–Crippen LogP) is 4.38. The summed E-state index contributed by atoms with van der Waals surface area (Å²) in [4.78, 5) is 24.9. The van der Waals surface area contributed by atoms with Gasteiger partial charge in [0.15, 0.2) is 0 Å². The van der Waals surface area contributed by atoms with Gasteiger partial charge in [-0.25, -0.2) is 0 Å². The number of carbonyl (C=O) groups excluding carboxylic acids is 2. The third-order valence-corrected chi connectivity index (χ3v) is 6.49. The molecule has 2 aromatic carbocycles. The van der Waals surface area contributed by atoms with Gasteiger partial charge in [-0.2, -0.15) is 0 Å². The number of hydrogen-bond donors (Lipinski definition) is 1. The maximum absolute atomic E-state index is 12.8. The van der Waals surface area contributed by atoms with Gasteiger partial charge in [-0.15, -0.1) is 0 Å². The van der Waals surface area contributed by atoms with Gasteiger partial charge >= 0.3 is 5.97 Å². The maximum Gasteiger partial charge on any atom is 0.310 e. The zero-order chi connectivity index (χ0) is 18.5. The zero-order valence-electron chi connectivity index (χ0n) is 14.4. The number of halogens is 1. The molecule has 2 aromatic rings. The molecule has 5 atom stereocenters. The number of rotatable bonds is 4. The van der Waals surface area contributed by atoms with E-state index in [0.717, 1.165) is 23.1 Å². The number of anilines is 1. The first-order valence-electron chi connectivity index (χ1n) is 9.13. The molecule has 3 aliphatic rings. The van der Waals surface area contributed by atoms with Crippen LogP contribution in [-0.2, 0) is 14.3 Å². The molecule has 2 saturated carbocycles. The Morgan fingerprint density at radius 2 is 1.70 bits per heavy atom. The van der Waals surface area contributed by atoms with Crippen LogP contribution in [0.15, 0.2) is 53.0 Å². The Kier molecular flexibility index (Phi) is 3.97. The number of amides is 1. The molecule has 5 rings (SSSR count). The van der Waals surface area contributed by atoms with Crippen molar-refractivity contribution in [3.63, 3.8) is 0 Å². The van der Waals surface area contributed by atoms with Crippen molar-refractivity contribution in [1.29, 1.82) is 0 Å². The molecule has 2 aliphatic carbocycles. The monoisotopic (exact) mass is 427 g/mol. The second kappa shape index (κ2) is 6.37. The van der Waals surface area contributed by atoms with Crippen molar-refractivity contribution >= 4 is 33.5 Å². The third-order valence-electron chi connectivity index (χ3n) is 5.96. The van der Waals surface area contributed by atoms with E-state index in [1.54, 1.807) is 0 Å². The zero-order valence-corrected chi connectivity index (χ0v) is 16.0. The Balaban J connectivity index is 1.25. The summed E-state index contributed by atoms with van der Waals surface area (Å²) in [7, 11) is 0. The van der Waals surface area contributed by atoms with Crippen LogP contribution < -0.4 is 10.1 Å². The number of benzene rings is 2. The molecular weight excluding hydrogens is 410 g/mol. The SMILES string of the molecule is O=C(Nc1ccc(Oc2ccc(Br)cc2)cc1)[C@@H]1[C@@H]2C[C@H]3[C@H]1C(=O)O[C@H]3C2. The van der Waals surface area contributed by atoms with Gasteiger partial charge in [0, 0.05) is 16.1 Å². The molecule has 138 valence electrons. The molecule has 0 spiro atoms. The molecule has 1 amide bonds. The molecule has 1 aliphatic heterocycles. The largest absolute Gasteiger partial charge is 0.462 e. The van der Waals surface area contributed by atoms with Gasteiger partial charge in [0.2, 0.25) is 5.91 Å². The fourth-order valence-electron chi connectivity index (χ4n) is 4.83. The Hall–Kier alpha value is -2.34. The summed E-state index contributed by atoms with van der Waals surface area (Å²) >= 11 is 3.39. The van der Waals surface area contributed by atoms with Crippen LogP contribution in [0.1, 0.15) is 12.8 Å². The maximum atomic E-state index is 12.8. The number of fused-ring (bicyclic) bond motifs is 1. The average molecular weight is 428 g/mol. The molecule has 0 radical (unpaired) electrons. The van der Waals surface area contributed by atoms with Crippen LogP contribution in [0.5, 0.6) is 11.5 Å². The highest BCUT2D eigenvalue weighted by atomic mass is 79.9. The molecule has 1 saturated heterocycles.